The van der Waals surface area contributed by atoms with Crippen LogP contribution in [0.25, 0.3) is 10.4 Å². The fraction of sp³-hybridized carbons (Fsp3) is 0.419. The fourth-order valence-corrected chi connectivity index (χ4v) is 6.41. The predicted molar refractivity (Wildman–Crippen MR) is 166 cm³/mol. The Morgan fingerprint density at radius 2 is 1.54 bits per heavy atom. The second kappa shape index (κ2) is 17.0. The molecule has 1 heterocycles. The van der Waals surface area contributed by atoms with Crippen LogP contribution >= 0.6 is 32.9 Å². The van der Waals surface area contributed by atoms with E-state index in [0.717, 1.165) is 45.0 Å². The van der Waals surface area contributed by atoms with Gasteiger partial charge in [-0.05, 0) is 65.9 Å². The smallest absolute Gasteiger partial charge is 0.311 e. The van der Waals surface area contributed by atoms with Gasteiger partial charge in [0.25, 0.3) is 0 Å². The Bertz CT molecular complexity index is 1350. The van der Waals surface area contributed by atoms with E-state index in [9.17, 15) is 14.4 Å². The lowest BCUT2D eigenvalue weighted by atomic mass is 10.0. The molecule has 10 heteroatoms. The number of rotatable bonds is 16. The van der Waals surface area contributed by atoms with Gasteiger partial charge in [0.05, 0.1) is 20.0 Å². The molecule has 0 aliphatic rings. The minimum atomic E-state index is -0.580. The molecule has 0 saturated carbocycles. The SMILES string of the molecule is COc1cc(CNC(=O)CCCCCCC(C)C)ccc1OC(=O)CCC(=O)Oc1ccc(-c2cc(=S)ss2)cc1. The van der Waals surface area contributed by atoms with Crippen LogP contribution in [-0.4, -0.2) is 25.0 Å². The summed E-state index contributed by atoms with van der Waals surface area (Å²) in [6.45, 7) is 4.81. The zero-order valence-corrected chi connectivity index (χ0v) is 26.2. The monoisotopic (exact) mass is 615 g/mol. The van der Waals surface area contributed by atoms with Gasteiger partial charge in [-0.15, -0.1) is 0 Å². The summed E-state index contributed by atoms with van der Waals surface area (Å²) in [7, 11) is 4.62. The minimum Gasteiger partial charge on any atom is -0.493 e. The summed E-state index contributed by atoms with van der Waals surface area (Å²) in [4.78, 5) is 37.9. The van der Waals surface area contributed by atoms with Crippen LogP contribution in [0.5, 0.6) is 17.2 Å². The molecule has 3 rings (SSSR count). The summed E-state index contributed by atoms with van der Waals surface area (Å²) in [6.07, 6.45) is 5.78. The lowest BCUT2D eigenvalue weighted by Gasteiger charge is -2.12. The van der Waals surface area contributed by atoms with Gasteiger partial charge >= 0.3 is 11.9 Å². The third-order valence-corrected chi connectivity index (χ3v) is 9.15. The Hall–Kier alpha value is -3.08. The first-order valence-electron chi connectivity index (χ1n) is 13.8. The molecule has 0 atom stereocenters. The second-order valence-corrected chi connectivity index (χ2v) is 13.0. The summed E-state index contributed by atoms with van der Waals surface area (Å²) in [6, 6.07) is 14.2. The van der Waals surface area contributed by atoms with E-state index in [1.807, 2.05) is 18.2 Å². The Morgan fingerprint density at radius 3 is 2.20 bits per heavy atom. The zero-order chi connectivity index (χ0) is 29.6. The van der Waals surface area contributed by atoms with Crippen LogP contribution in [-0.2, 0) is 20.9 Å². The number of carbonyl (C=O) groups excluding carboxylic acids is 3. The van der Waals surface area contributed by atoms with Crippen LogP contribution in [0.4, 0.5) is 0 Å². The van der Waals surface area contributed by atoms with Crippen molar-refractivity contribution in [1.82, 2.24) is 5.32 Å². The quantitative estimate of drug-likeness (QED) is 0.0572. The van der Waals surface area contributed by atoms with E-state index in [1.165, 1.54) is 30.3 Å². The molecule has 1 aromatic heterocycles. The second-order valence-electron chi connectivity index (χ2n) is 10.1. The van der Waals surface area contributed by atoms with Crippen LogP contribution in [0, 0.1) is 9.74 Å². The molecular formula is C31H37NO6S3. The highest BCUT2D eigenvalue weighted by Crippen LogP contribution is 2.31. The highest BCUT2D eigenvalue weighted by molar-refractivity contribution is 7.80. The topological polar surface area (TPSA) is 90.9 Å². The average Bonchev–Trinajstić information content (AvgIpc) is 3.39. The van der Waals surface area contributed by atoms with E-state index in [0.29, 0.717) is 24.5 Å². The Kier molecular flexibility index (Phi) is 13.5. The third kappa shape index (κ3) is 11.7. The Labute approximate surface area is 254 Å². The number of hydrogen-bond acceptors (Lipinski definition) is 9. The first-order chi connectivity index (χ1) is 19.7. The molecule has 0 aliphatic heterocycles. The molecule has 220 valence electrons. The van der Waals surface area contributed by atoms with Gasteiger partial charge in [-0.2, -0.15) is 0 Å². The Morgan fingerprint density at radius 1 is 0.829 bits per heavy atom. The first kappa shape index (κ1) is 32.4. The zero-order valence-electron chi connectivity index (χ0n) is 23.7. The molecule has 0 radical (unpaired) electrons. The molecule has 0 spiro atoms. The minimum absolute atomic E-state index is 0.0140. The largest absolute Gasteiger partial charge is 0.493 e. The van der Waals surface area contributed by atoms with Crippen molar-refractivity contribution in [2.24, 2.45) is 5.92 Å². The Balaban J connectivity index is 1.39. The van der Waals surface area contributed by atoms with Crippen molar-refractivity contribution in [3.63, 3.8) is 0 Å². The third-order valence-electron chi connectivity index (χ3n) is 6.24. The number of esters is 2. The number of amides is 1. The summed E-state index contributed by atoms with van der Waals surface area (Å²) < 4.78 is 17.0. The maximum absolute atomic E-state index is 12.4. The average molecular weight is 616 g/mol. The molecule has 0 aliphatic carbocycles. The number of carbonyl (C=O) groups is 3. The lowest BCUT2D eigenvalue weighted by Crippen LogP contribution is -2.22. The molecule has 7 nitrogen and oxygen atoms in total. The van der Waals surface area contributed by atoms with Crippen LogP contribution in [0.1, 0.15) is 70.8 Å². The number of benzene rings is 2. The highest BCUT2D eigenvalue weighted by atomic mass is 32.9. The predicted octanol–water partition coefficient (Wildman–Crippen LogP) is 8.12. The summed E-state index contributed by atoms with van der Waals surface area (Å²) >= 11 is 5.17. The van der Waals surface area contributed by atoms with E-state index in [-0.39, 0.29) is 24.5 Å². The number of hydrogen-bond donors (Lipinski definition) is 1. The summed E-state index contributed by atoms with van der Waals surface area (Å²) in [5.41, 5.74) is 1.82. The molecule has 1 amide bonds. The van der Waals surface area contributed by atoms with Crippen LogP contribution in [0.2, 0.25) is 0 Å². The molecule has 41 heavy (non-hydrogen) atoms. The summed E-state index contributed by atoms with van der Waals surface area (Å²) in [5.74, 6) is 0.639. The van der Waals surface area contributed by atoms with Crippen LogP contribution in [0.15, 0.2) is 48.5 Å². The van der Waals surface area contributed by atoms with Crippen molar-refractivity contribution in [2.45, 2.75) is 71.8 Å². The fourth-order valence-electron chi connectivity index (χ4n) is 4.01. The lowest BCUT2D eigenvalue weighted by molar-refractivity contribution is -0.140. The van der Waals surface area contributed by atoms with Gasteiger partial charge in [0.15, 0.2) is 11.5 Å². The van der Waals surface area contributed by atoms with Crippen molar-refractivity contribution in [3.05, 3.63) is 57.9 Å². The van der Waals surface area contributed by atoms with E-state index >= 15 is 0 Å². The normalized spacial score (nSPS) is 10.8. The van der Waals surface area contributed by atoms with Crippen LogP contribution in [0.3, 0.4) is 0 Å². The molecule has 0 bridgehead atoms. The van der Waals surface area contributed by atoms with Crippen molar-refractivity contribution >= 4 is 50.7 Å². The molecule has 3 aromatic rings. The van der Waals surface area contributed by atoms with Crippen molar-refractivity contribution in [3.8, 4) is 27.7 Å². The molecule has 1 N–H and O–H groups in total. The molecule has 0 saturated heterocycles. The van der Waals surface area contributed by atoms with Crippen LogP contribution < -0.4 is 19.5 Å². The maximum atomic E-state index is 12.4. The van der Waals surface area contributed by atoms with Gasteiger partial charge in [0.1, 0.15) is 9.57 Å². The van der Waals surface area contributed by atoms with Gasteiger partial charge in [-0.25, -0.2) is 0 Å². The van der Waals surface area contributed by atoms with Gasteiger partial charge in [-0.1, -0.05) is 78.5 Å². The van der Waals surface area contributed by atoms with Crippen molar-refractivity contribution in [1.29, 1.82) is 0 Å². The number of methoxy groups -OCH3 is 1. The molecular weight excluding hydrogens is 579 g/mol. The maximum Gasteiger partial charge on any atom is 0.311 e. The summed E-state index contributed by atoms with van der Waals surface area (Å²) in [5, 5.41) is 2.93. The van der Waals surface area contributed by atoms with Gasteiger partial charge < -0.3 is 19.5 Å². The van der Waals surface area contributed by atoms with E-state index < -0.39 is 11.9 Å². The first-order valence-corrected chi connectivity index (χ1v) is 16.3. The highest BCUT2D eigenvalue weighted by Gasteiger charge is 2.15. The number of unbranched alkanes of at least 4 members (excludes halogenated alkanes) is 3. The van der Waals surface area contributed by atoms with Gasteiger partial charge in [-0.3, -0.25) is 14.4 Å². The van der Waals surface area contributed by atoms with E-state index in [2.05, 4.69) is 19.2 Å². The molecule has 0 fully saturated rings. The number of nitrogens with one attached hydrogen (secondary N) is 1. The van der Waals surface area contributed by atoms with E-state index in [1.54, 1.807) is 40.7 Å². The number of ether oxygens (including phenoxy) is 3. The van der Waals surface area contributed by atoms with Gasteiger partial charge in [0.2, 0.25) is 5.91 Å². The molecule has 2 aromatic carbocycles. The molecule has 0 unspecified atom stereocenters. The van der Waals surface area contributed by atoms with E-state index in [4.69, 9.17) is 26.4 Å². The van der Waals surface area contributed by atoms with Gasteiger partial charge in [0, 0.05) is 17.8 Å². The standard InChI is InChI=1S/C31H37NO6S3/c1-21(2)8-6-4-5-7-9-28(33)32-20-22-10-15-25(26(18-22)36-3)38-30(35)17-16-29(34)37-24-13-11-23(12-14-24)27-19-31(39)41-40-27/h10-15,18-19,21H,4-9,16-17,20H2,1-3H3,(H,32,33). The van der Waals surface area contributed by atoms with Crippen molar-refractivity contribution < 1.29 is 28.6 Å². The van der Waals surface area contributed by atoms with Crippen molar-refractivity contribution in [2.75, 3.05) is 7.11 Å².